The van der Waals surface area contributed by atoms with Crippen LogP contribution in [0, 0.1) is 12.7 Å². The Balaban J connectivity index is 1.75. The van der Waals surface area contributed by atoms with Crippen LogP contribution in [0.25, 0.3) is 11.2 Å². The number of hydrogen-bond donors (Lipinski definition) is 4. The third-order valence-corrected chi connectivity index (χ3v) is 5.83. The third-order valence-electron chi connectivity index (χ3n) is 5.04. The van der Waals surface area contributed by atoms with Gasteiger partial charge in [0.1, 0.15) is 18.0 Å². The van der Waals surface area contributed by atoms with Crippen LogP contribution in [-0.4, -0.2) is 83.4 Å². The lowest BCUT2D eigenvalue weighted by molar-refractivity contribution is -0.0629. The van der Waals surface area contributed by atoms with E-state index in [9.17, 15) is 19.7 Å². The molecule has 6 atom stereocenters. The quantitative estimate of drug-likeness (QED) is 0.226. The molecule has 194 valence electrons. The summed E-state index contributed by atoms with van der Waals surface area (Å²) in [7, 11) is 0. The predicted octanol–water partition coefficient (Wildman–Crippen LogP) is 2.18. The van der Waals surface area contributed by atoms with Crippen molar-refractivity contribution in [3.8, 4) is 0 Å². The minimum Gasteiger partial charge on any atom is -0.394 e. The van der Waals surface area contributed by atoms with Crippen LogP contribution in [0.1, 0.15) is 71.1 Å². The van der Waals surface area contributed by atoms with E-state index in [0.29, 0.717) is 11.8 Å². The van der Waals surface area contributed by atoms with E-state index < -0.39 is 95.7 Å². The Morgan fingerprint density at radius 1 is 1.33 bits per heavy atom. The van der Waals surface area contributed by atoms with Crippen LogP contribution >= 0.6 is 11.8 Å². The fraction of sp³-hybridized carbons (Fsp3) is 0.583. The highest BCUT2D eigenvalue weighted by atomic mass is 32.2. The Hall–Kier alpha value is -2.38. The van der Waals surface area contributed by atoms with E-state index in [1.54, 1.807) is 0 Å². The Kier molecular flexibility index (Phi) is 3.64. The van der Waals surface area contributed by atoms with E-state index in [4.69, 9.17) is 21.9 Å². The van der Waals surface area contributed by atoms with Gasteiger partial charge in [0.15, 0.2) is 22.1 Å². The van der Waals surface area contributed by atoms with E-state index in [1.807, 2.05) is 0 Å². The number of nitrogens with zero attached hydrogens (tertiary/aromatic N) is 5. The molecule has 0 aliphatic heterocycles. The largest absolute Gasteiger partial charge is 0.394 e. The lowest BCUT2D eigenvalue weighted by Crippen LogP contribution is -2.33. The molecule has 2 aliphatic carbocycles. The zero-order chi connectivity index (χ0) is 39.9. The Bertz CT molecular complexity index is 1950. The van der Waals surface area contributed by atoms with Crippen LogP contribution in [0.3, 0.4) is 0 Å². The number of fused-ring (bicyclic) bond motifs is 1. The van der Waals surface area contributed by atoms with Crippen molar-refractivity contribution in [3.05, 3.63) is 35.1 Å². The average molecular weight is 535 g/mol. The monoisotopic (exact) mass is 534 g/mol. The van der Waals surface area contributed by atoms with Crippen molar-refractivity contribution >= 4 is 28.7 Å². The van der Waals surface area contributed by atoms with E-state index >= 15 is 0 Å². The first-order valence-electron chi connectivity index (χ1n) is 18.4. The highest BCUT2D eigenvalue weighted by Crippen LogP contribution is 2.44. The van der Waals surface area contributed by atoms with Crippen molar-refractivity contribution in [2.75, 3.05) is 24.1 Å². The summed E-state index contributed by atoms with van der Waals surface area (Å²) in [5.41, 5.74) is -3.92. The first-order chi connectivity index (χ1) is 23.2. The second kappa shape index (κ2) is 10.5. The predicted molar refractivity (Wildman–Crippen MR) is 133 cm³/mol. The minimum atomic E-state index is -4.42. The van der Waals surface area contributed by atoms with Gasteiger partial charge in [0, 0.05) is 33.6 Å². The summed E-state index contributed by atoms with van der Waals surface area (Å²) in [6.45, 7) is -5.32. The number of hydrogen-bond acceptors (Lipinski definition) is 10. The molecule has 0 spiro atoms. The molecule has 0 saturated heterocycles. The van der Waals surface area contributed by atoms with Gasteiger partial charge in [-0.3, -0.25) is 0 Å². The van der Waals surface area contributed by atoms with Crippen LogP contribution in [0.2, 0.25) is 0 Å². The highest BCUT2D eigenvalue weighted by Gasteiger charge is 2.45. The summed E-state index contributed by atoms with van der Waals surface area (Å²) >= 11 is 0.304. The zero-order valence-electron chi connectivity index (χ0n) is 34.7. The number of aromatic nitrogens is 5. The summed E-state index contributed by atoms with van der Waals surface area (Å²) in [5, 5.41) is 41.0. The molecule has 10 nitrogen and oxygen atoms in total. The molecular formula is C24H31FN6O4S. The third kappa shape index (κ3) is 4.92. The van der Waals surface area contributed by atoms with Crippen LogP contribution in [-0.2, 0) is 4.74 Å². The summed E-state index contributed by atoms with van der Waals surface area (Å²) in [4.78, 5) is 8.11. The average Bonchev–Trinajstić information content (AvgIpc) is 3.26. The fourth-order valence-corrected chi connectivity index (χ4v) is 3.77. The van der Waals surface area contributed by atoms with E-state index in [0.717, 1.165) is 6.07 Å². The highest BCUT2D eigenvalue weighted by molar-refractivity contribution is 7.99. The number of nitrogens with one attached hydrogen (secondary N) is 1. The standard InChI is InChI=1S/C24H31FN6O4S/c1-3-8-36-24-27-22(26-16-10-14(16)13-5-4-12(2)15(25)9-13)19-23(28-24)31(30-29-19)17-11-18(35-7-6-32)21(34)20(17)33/h4-5,9,14,16-18,20-21,32-34H,3,6-8,10-11H2,1-2H3,(H,26,27,28)/t14-,16+,17+,18-,20-,21+/m0/s1/i6D2,7D2,8D2,10D2,11D2,14D,16D,17D,18D,20D,21D. The number of rotatable bonds is 10. The van der Waals surface area contributed by atoms with Crippen molar-refractivity contribution in [1.82, 2.24) is 25.0 Å². The topological polar surface area (TPSA) is 138 Å². The second-order valence-electron chi connectivity index (χ2n) is 7.41. The molecule has 0 radical (unpaired) electrons. The van der Waals surface area contributed by atoms with Gasteiger partial charge in [-0.2, -0.15) is 0 Å². The number of anilines is 1. The molecule has 0 bridgehead atoms. The molecule has 2 aliphatic rings. The van der Waals surface area contributed by atoms with Crippen LogP contribution in [0.4, 0.5) is 10.2 Å². The second-order valence-corrected chi connectivity index (χ2v) is 8.27. The maximum absolute atomic E-state index is 14.5. The minimum absolute atomic E-state index is 0.0441. The van der Waals surface area contributed by atoms with Gasteiger partial charge in [0.05, 0.1) is 37.6 Å². The smallest absolute Gasteiger partial charge is 0.191 e. The molecule has 36 heavy (non-hydrogen) atoms. The number of ether oxygens (including phenoxy) is 1. The van der Waals surface area contributed by atoms with E-state index in [-0.39, 0.29) is 22.2 Å². The first kappa shape index (κ1) is 12.4. The molecule has 0 amide bonds. The van der Waals surface area contributed by atoms with Gasteiger partial charge in [-0.1, -0.05) is 36.0 Å². The summed E-state index contributed by atoms with van der Waals surface area (Å²) in [6, 6.07) is -3.42. The van der Waals surface area contributed by atoms with Gasteiger partial charge >= 0.3 is 0 Å². The molecule has 2 aromatic heterocycles. The van der Waals surface area contributed by atoms with Crippen LogP contribution in [0.15, 0.2) is 23.4 Å². The Morgan fingerprint density at radius 2 is 2.17 bits per heavy atom. The summed E-state index contributed by atoms with van der Waals surface area (Å²) < 4.78 is 152. The van der Waals surface area contributed by atoms with Gasteiger partial charge in [-0.15, -0.1) is 5.10 Å². The summed E-state index contributed by atoms with van der Waals surface area (Å²) in [6.07, 6.45) is -20.3. The van der Waals surface area contributed by atoms with E-state index in [2.05, 4.69) is 30.3 Å². The number of aliphatic hydroxyl groups is 3. The van der Waals surface area contributed by atoms with Crippen molar-refractivity contribution < 1.29 is 46.4 Å². The van der Waals surface area contributed by atoms with Gasteiger partial charge in [-0.25, -0.2) is 19.0 Å². The molecule has 2 fully saturated rings. The molecule has 0 unspecified atom stereocenters. The van der Waals surface area contributed by atoms with Crippen molar-refractivity contribution in [2.24, 2.45) is 0 Å². The normalized spacial score (nSPS) is 50.4. The van der Waals surface area contributed by atoms with Crippen molar-refractivity contribution in [3.63, 3.8) is 0 Å². The van der Waals surface area contributed by atoms with Crippen LogP contribution in [0.5, 0.6) is 0 Å². The molecule has 2 saturated carbocycles. The number of halogens is 1. The molecule has 5 rings (SSSR count). The molecule has 1 aromatic carbocycles. The van der Waals surface area contributed by atoms with E-state index in [1.165, 1.54) is 26.0 Å². The lowest BCUT2D eigenvalue weighted by atomic mass is 10.1. The van der Waals surface area contributed by atoms with Gasteiger partial charge < -0.3 is 25.4 Å². The SMILES string of the molecule is [2H]C([2H])(CC)Sc1nc(N[C@]2([2H])C([2H])([2H])[C@@]2([2H])c2ccc(C)c(F)c2)c2nnn([C@]3([2H])C([2H])([2H])[C@]([2H])(OC([2H])([2H])C([2H])([2H])O)[C@@]([2H])(O)[C@@]3([2H])O)c2n1. The molecule has 2 heterocycles. The maximum atomic E-state index is 14.5. The number of aryl methyl sites for hydroxylation is 1. The molecule has 4 N–H and O–H groups in total. The van der Waals surface area contributed by atoms with Crippen molar-refractivity contribution in [2.45, 2.75) is 74.3 Å². The van der Waals surface area contributed by atoms with Gasteiger partial charge in [-0.05, 0) is 36.9 Å². The molecule has 3 aromatic rings. The summed E-state index contributed by atoms with van der Waals surface area (Å²) in [5.74, 6) is -4.06. The zero-order valence-corrected chi connectivity index (χ0v) is 19.5. The number of thioether (sulfide) groups is 1. The first-order valence-corrected chi connectivity index (χ1v) is 11.3. The van der Waals surface area contributed by atoms with Crippen LogP contribution < -0.4 is 5.32 Å². The van der Waals surface area contributed by atoms with Gasteiger partial charge in [0.2, 0.25) is 0 Å². The maximum Gasteiger partial charge on any atom is 0.191 e. The molecule has 12 heteroatoms. The van der Waals surface area contributed by atoms with Gasteiger partial charge in [0.25, 0.3) is 0 Å². The molecular weight excluding hydrogens is 487 g/mol. The Labute approximate surface area is 234 Å². The fourth-order valence-electron chi connectivity index (χ4n) is 3.23. The lowest BCUT2D eigenvalue weighted by Gasteiger charge is -2.17. The van der Waals surface area contributed by atoms with Crippen molar-refractivity contribution in [1.29, 1.82) is 0 Å². The number of benzene rings is 1. The Morgan fingerprint density at radius 3 is 2.92 bits per heavy atom.